The molecule has 0 fully saturated rings. The lowest BCUT2D eigenvalue weighted by Gasteiger charge is -2.22. The van der Waals surface area contributed by atoms with Crippen molar-refractivity contribution in [1.29, 1.82) is 0 Å². The summed E-state index contributed by atoms with van der Waals surface area (Å²) in [5, 5.41) is 3.54. The van der Waals surface area contributed by atoms with E-state index < -0.39 is 15.9 Å². The molecule has 0 aliphatic heterocycles. The Morgan fingerprint density at radius 3 is 2.56 bits per heavy atom. The maximum Gasteiger partial charge on any atom is 0.243 e. The van der Waals surface area contributed by atoms with Crippen molar-refractivity contribution in [3.63, 3.8) is 0 Å². The van der Waals surface area contributed by atoms with Crippen molar-refractivity contribution in [2.45, 2.75) is 25.3 Å². The number of benzene rings is 2. The molecule has 4 aromatic rings. The maximum atomic E-state index is 13.5. The van der Waals surface area contributed by atoms with Crippen LogP contribution in [0.2, 0.25) is 0 Å². The highest BCUT2D eigenvalue weighted by atomic mass is 32.2. The van der Waals surface area contributed by atoms with Gasteiger partial charge in [-0.1, -0.05) is 36.4 Å². The van der Waals surface area contributed by atoms with Crippen molar-refractivity contribution in [3.8, 4) is 0 Å². The molecule has 9 heteroatoms. The van der Waals surface area contributed by atoms with Gasteiger partial charge in [-0.15, -0.1) is 11.3 Å². The van der Waals surface area contributed by atoms with Crippen molar-refractivity contribution in [2.24, 2.45) is 0 Å². The molecule has 0 aliphatic carbocycles. The van der Waals surface area contributed by atoms with Gasteiger partial charge >= 0.3 is 0 Å². The second-order valence-corrected chi connectivity index (χ2v) is 10.6. The molecular formula is C23H22N4O3S2. The molecule has 0 spiro atoms. The highest BCUT2D eigenvalue weighted by Gasteiger charge is 2.27. The van der Waals surface area contributed by atoms with Crippen molar-refractivity contribution in [3.05, 3.63) is 83.0 Å². The van der Waals surface area contributed by atoms with Gasteiger partial charge < -0.3 is 5.32 Å². The smallest absolute Gasteiger partial charge is 0.243 e. The van der Waals surface area contributed by atoms with Gasteiger partial charge in [0.2, 0.25) is 15.9 Å². The molecule has 4 rings (SSSR count). The molecule has 0 saturated heterocycles. The van der Waals surface area contributed by atoms with Crippen molar-refractivity contribution in [1.82, 2.24) is 14.3 Å². The van der Waals surface area contributed by atoms with Crippen LogP contribution in [0.25, 0.3) is 10.2 Å². The fourth-order valence-electron chi connectivity index (χ4n) is 3.23. The third kappa shape index (κ3) is 5.01. The number of fused-ring (bicyclic) bond motifs is 1. The predicted molar refractivity (Wildman–Crippen MR) is 126 cm³/mol. The number of pyridine rings is 1. The minimum Gasteiger partial charge on any atom is -0.310 e. The fraction of sp³-hybridized carbons (Fsp3) is 0.174. The van der Waals surface area contributed by atoms with E-state index in [-0.39, 0.29) is 18.0 Å². The number of amides is 1. The van der Waals surface area contributed by atoms with E-state index in [1.54, 1.807) is 24.4 Å². The molecular weight excluding hydrogens is 444 g/mol. The second kappa shape index (κ2) is 9.15. The van der Waals surface area contributed by atoms with Crippen LogP contribution < -0.4 is 5.32 Å². The van der Waals surface area contributed by atoms with E-state index in [1.807, 2.05) is 50.2 Å². The minimum atomic E-state index is -3.94. The van der Waals surface area contributed by atoms with E-state index in [4.69, 9.17) is 0 Å². The molecule has 164 valence electrons. The van der Waals surface area contributed by atoms with Crippen LogP contribution in [0.5, 0.6) is 0 Å². The van der Waals surface area contributed by atoms with E-state index in [0.29, 0.717) is 5.82 Å². The summed E-state index contributed by atoms with van der Waals surface area (Å²) in [5.41, 5.74) is 2.50. The minimum absolute atomic E-state index is 0.0671. The fourth-order valence-corrected chi connectivity index (χ4v) is 5.58. The van der Waals surface area contributed by atoms with Crippen LogP contribution in [0.4, 0.5) is 5.82 Å². The summed E-state index contributed by atoms with van der Waals surface area (Å²) in [6.45, 7) is 3.50. The van der Waals surface area contributed by atoms with Crippen molar-refractivity contribution >= 4 is 43.3 Å². The Morgan fingerprint density at radius 2 is 1.84 bits per heavy atom. The second-order valence-electron chi connectivity index (χ2n) is 7.39. The number of aromatic nitrogens is 2. The van der Waals surface area contributed by atoms with E-state index in [0.717, 1.165) is 26.4 Å². The maximum absolute atomic E-state index is 13.5. The van der Waals surface area contributed by atoms with E-state index in [1.165, 1.54) is 21.7 Å². The first-order valence-corrected chi connectivity index (χ1v) is 12.2. The van der Waals surface area contributed by atoms with E-state index in [2.05, 4.69) is 15.3 Å². The van der Waals surface area contributed by atoms with Crippen LogP contribution >= 0.6 is 11.3 Å². The topological polar surface area (TPSA) is 92.3 Å². The SMILES string of the molecule is Cc1ccc(NC(=O)CN(Cc2ccccc2)S(=O)(=O)c2ccc3nc(C)sc3c2)nc1. The highest BCUT2D eigenvalue weighted by Crippen LogP contribution is 2.27. The Kier molecular flexibility index (Phi) is 6.31. The first-order valence-electron chi connectivity index (χ1n) is 9.95. The Hall–Kier alpha value is -3.14. The summed E-state index contributed by atoms with van der Waals surface area (Å²) >= 11 is 1.43. The van der Waals surface area contributed by atoms with Gasteiger partial charge in [0, 0.05) is 12.7 Å². The normalized spacial score (nSPS) is 11.7. The van der Waals surface area contributed by atoms with Crippen LogP contribution in [0.3, 0.4) is 0 Å². The standard InChI is InChI=1S/C23H22N4O3S2/c1-16-8-11-22(24-13-16)26-23(28)15-27(14-18-6-4-3-5-7-18)32(29,30)19-9-10-20-21(12-19)31-17(2)25-20/h3-13H,14-15H2,1-2H3,(H,24,26,28). The summed E-state index contributed by atoms with van der Waals surface area (Å²) in [4.78, 5) is 21.4. The van der Waals surface area contributed by atoms with Crippen LogP contribution in [0.1, 0.15) is 16.1 Å². The number of thiazole rings is 1. The summed E-state index contributed by atoms with van der Waals surface area (Å²) in [5.74, 6) is -0.0882. The summed E-state index contributed by atoms with van der Waals surface area (Å²) < 4.78 is 29.0. The van der Waals surface area contributed by atoms with E-state index >= 15 is 0 Å². The van der Waals surface area contributed by atoms with Crippen LogP contribution in [-0.2, 0) is 21.4 Å². The van der Waals surface area contributed by atoms with Gasteiger partial charge in [0.05, 0.1) is 26.7 Å². The van der Waals surface area contributed by atoms with Gasteiger partial charge in [-0.05, 0) is 49.2 Å². The molecule has 0 aliphatic rings. The zero-order valence-corrected chi connectivity index (χ0v) is 19.3. The van der Waals surface area contributed by atoms with Gasteiger partial charge in [0.25, 0.3) is 0 Å². The summed E-state index contributed by atoms with van der Waals surface area (Å²) in [6, 6.07) is 17.6. The molecule has 0 bridgehead atoms. The summed E-state index contributed by atoms with van der Waals surface area (Å²) in [6.07, 6.45) is 1.64. The molecule has 0 atom stereocenters. The third-order valence-corrected chi connectivity index (χ3v) is 7.53. The molecule has 1 N–H and O–H groups in total. The molecule has 2 aromatic carbocycles. The number of aryl methyl sites for hydroxylation is 2. The Labute approximate surface area is 190 Å². The highest BCUT2D eigenvalue weighted by molar-refractivity contribution is 7.89. The first-order chi connectivity index (χ1) is 15.3. The number of rotatable bonds is 7. The first kappa shape index (κ1) is 22.1. The largest absolute Gasteiger partial charge is 0.310 e. The average Bonchev–Trinajstić information content (AvgIpc) is 3.15. The molecule has 0 unspecified atom stereocenters. The third-order valence-electron chi connectivity index (χ3n) is 4.81. The van der Waals surface area contributed by atoms with Gasteiger partial charge in [-0.2, -0.15) is 4.31 Å². The number of carbonyl (C=O) groups is 1. The van der Waals surface area contributed by atoms with Crippen molar-refractivity contribution in [2.75, 3.05) is 11.9 Å². The molecule has 1 amide bonds. The van der Waals surface area contributed by atoms with Gasteiger partial charge in [-0.3, -0.25) is 4.79 Å². The van der Waals surface area contributed by atoms with Gasteiger partial charge in [0.15, 0.2) is 0 Å². The number of nitrogens with one attached hydrogen (secondary N) is 1. The molecule has 0 radical (unpaired) electrons. The lowest BCUT2D eigenvalue weighted by Crippen LogP contribution is -2.37. The quantitative estimate of drug-likeness (QED) is 0.442. The number of nitrogens with zero attached hydrogens (tertiary/aromatic N) is 3. The molecule has 2 aromatic heterocycles. The average molecular weight is 467 g/mol. The molecule has 0 saturated carbocycles. The van der Waals surface area contributed by atoms with Crippen LogP contribution in [-0.4, -0.2) is 35.1 Å². The van der Waals surface area contributed by atoms with Crippen LogP contribution in [0, 0.1) is 13.8 Å². The lowest BCUT2D eigenvalue weighted by molar-refractivity contribution is -0.116. The number of anilines is 1. The molecule has 7 nitrogen and oxygen atoms in total. The Morgan fingerprint density at radius 1 is 1.06 bits per heavy atom. The zero-order chi connectivity index (χ0) is 22.7. The summed E-state index contributed by atoms with van der Waals surface area (Å²) in [7, 11) is -3.94. The van der Waals surface area contributed by atoms with Crippen molar-refractivity contribution < 1.29 is 13.2 Å². The Balaban J connectivity index is 1.63. The van der Waals surface area contributed by atoms with Gasteiger partial charge in [0.1, 0.15) is 5.82 Å². The monoisotopic (exact) mass is 466 g/mol. The van der Waals surface area contributed by atoms with E-state index in [9.17, 15) is 13.2 Å². The predicted octanol–water partition coefficient (Wildman–Crippen LogP) is 4.14. The lowest BCUT2D eigenvalue weighted by atomic mass is 10.2. The number of carbonyl (C=O) groups excluding carboxylic acids is 1. The molecule has 2 heterocycles. The number of hydrogen-bond donors (Lipinski definition) is 1. The Bertz CT molecular complexity index is 1350. The zero-order valence-electron chi connectivity index (χ0n) is 17.6. The number of hydrogen-bond acceptors (Lipinski definition) is 6. The number of sulfonamides is 1. The molecule has 32 heavy (non-hydrogen) atoms. The van der Waals surface area contributed by atoms with Crippen LogP contribution in [0.15, 0.2) is 71.8 Å². The van der Waals surface area contributed by atoms with Gasteiger partial charge in [-0.25, -0.2) is 18.4 Å².